The summed E-state index contributed by atoms with van der Waals surface area (Å²) in [6.07, 6.45) is 10.9. The first kappa shape index (κ1) is 4.32. The fourth-order valence-electron chi connectivity index (χ4n) is 2.50. The number of hydrogen-bond acceptors (Lipinski definition) is 0. The standard InChI is InChI=1S/C9H10/c1-2-6-4-5-8-7(3-1)9(6)8/h1,3-9H,2H2/t6-,7-,8+,9+/m0/s1. The Labute approximate surface area is 55.3 Å². The van der Waals surface area contributed by atoms with Crippen LogP contribution in [0.2, 0.25) is 0 Å². The molecule has 3 aliphatic carbocycles. The van der Waals surface area contributed by atoms with Crippen molar-refractivity contribution in [1.29, 1.82) is 0 Å². The average Bonchev–Trinajstić information content (AvgIpc) is 2.35. The first-order valence-electron chi connectivity index (χ1n) is 3.82. The maximum atomic E-state index is 2.42. The Morgan fingerprint density at radius 2 is 1.89 bits per heavy atom. The highest BCUT2D eigenvalue weighted by Gasteiger charge is 2.54. The van der Waals surface area contributed by atoms with Gasteiger partial charge in [0, 0.05) is 0 Å². The van der Waals surface area contributed by atoms with E-state index >= 15 is 0 Å². The lowest BCUT2D eigenvalue weighted by molar-refractivity contribution is 0.546. The smallest absolute Gasteiger partial charge is 0.0127 e. The lowest BCUT2D eigenvalue weighted by Crippen LogP contribution is -2.00. The molecule has 4 atom stereocenters. The quantitative estimate of drug-likeness (QED) is 0.427. The maximum absolute atomic E-state index is 2.42. The molecule has 0 aromatic rings. The van der Waals surface area contributed by atoms with E-state index in [4.69, 9.17) is 0 Å². The van der Waals surface area contributed by atoms with Crippen molar-refractivity contribution in [3.8, 4) is 0 Å². The van der Waals surface area contributed by atoms with Crippen molar-refractivity contribution in [2.75, 3.05) is 0 Å². The maximum Gasteiger partial charge on any atom is -0.0127 e. The van der Waals surface area contributed by atoms with Crippen LogP contribution in [-0.4, -0.2) is 0 Å². The molecule has 0 N–H and O–H groups in total. The van der Waals surface area contributed by atoms with Gasteiger partial charge in [-0.1, -0.05) is 24.3 Å². The second-order valence-electron chi connectivity index (χ2n) is 3.44. The Morgan fingerprint density at radius 3 is 2.67 bits per heavy atom. The molecule has 0 aromatic carbocycles. The molecule has 9 heavy (non-hydrogen) atoms. The molecule has 0 heteroatoms. The summed E-state index contributed by atoms with van der Waals surface area (Å²) >= 11 is 0. The van der Waals surface area contributed by atoms with E-state index in [9.17, 15) is 0 Å². The van der Waals surface area contributed by atoms with Gasteiger partial charge in [0.05, 0.1) is 0 Å². The molecule has 0 amide bonds. The molecule has 0 saturated heterocycles. The number of hydrogen-bond donors (Lipinski definition) is 0. The molecule has 0 spiro atoms. The van der Waals surface area contributed by atoms with Gasteiger partial charge in [0.25, 0.3) is 0 Å². The van der Waals surface area contributed by atoms with Crippen LogP contribution < -0.4 is 0 Å². The van der Waals surface area contributed by atoms with Crippen LogP contribution in [0.25, 0.3) is 0 Å². The third-order valence-electron chi connectivity index (χ3n) is 3.03. The summed E-state index contributed by atoms with van der Waals surface area (Å²) in [7, 11) is 0. The van der Waals surface area contributed by atoms with Gasteiger partial charge < -0.3 is 0 Å². The fraction of sp³-hybridized carbons (Fsp3) is 0.556. The van der Waals surface area contributed by atoms with Gasteiger partial charge in [-0.3, -0.25) is 0 Å². The average molecular weight is 118 g/mol. The highest BCUT2D eigenvalue weighted by Crippen LogP contribution is 2.60. The molecular formula is C9H10. The molecule has 1 fully saturated rings. The Bertz CT molecular complexity index is 200. The molecule has 0 aromatic heterocycles. The molecule has 0 unspecified atom stereocenters. The van der Waals surface area contributed by atoms with Crippen molar-refractivity contribution >= 4 is 0 Å². The van der Waals surface area contributed by atoms with E-state index in [-0.39, 0.29) is 0 Å². The van der Waals surface area contributed by atoms with Gasteiger partial charge in [-0.05, 0) is 30.1 Å². The van der Waals surface area contributed by atoms with E-state index in [1.807, 2.05) is 0 Å². The van der Waals surface area contributed by atoms with Crippen molar-refractivity contribution < 1.29 is 0 Å². The van der Waals surface area contributed by atoms with E-state index in [1.54, 1.807) is 0 Å². The first-order chi connectivity index (χ1) is 4.47. The highest BCUT2D eigenvalue weighted by atomic mass is 14.6. The normalized spacial score (nSPS) is 57.8. The molecule has 0 bridgehead atoms. The zero-order valence-corrected chi connectivity index (χ0v) is 5.33. The largest absolute Gasteiger partial charge is 0.0876 e. The Kier molecular flexibility index (Phi) is 0.555. The van der Waals surface area contributed by atoms with Crippen molar-refractivity contribution in [1.82, 2.24) is 0 Å². The third kappa shape index (κ3) is 0.375. The van der Waals surface area contributed by atoms with Crippen LogP contribution in [-0.2, 0) is 0 Å². The van der Waals surface area contributed by atoms with E-state index in [0.29, 0.717) is 0 Å². The van der Waals surface area contributed by atoms with E-state index in [2.05, 4.69) is 24.3 Å². The van der Waals surface area contributed by atoms with Gasteiger partial charge in [0.2, 0.25) is 0 Å². The minimum absolute atomic E-state index is 0.935. The SMILES string of the molecule is C1=C[C@H]2[C@H]3C=C[C@H](C1)[C@@H]32. The number of fused-ring (bicyclic) bond motifs is 1. The molecule has 3 rings (SSSR count). The second-order valence-corrected chi connectivity index (χ2v) is 3.44. The molecule has 0 nitrogen and oxygen atoms in total. The van der Waals surface area contributed by atoms with Crippen molar-refractivity contribution in [3.63, 3.8) is 0 Å². The molecule has 3 aliphatic rings. The van der Waals surface area contributed by atoms with Gasteiger partial charge in [-0.15, -0.1) is 0 Å². The van der Waals surface area contributed by atoms with Crippen LogP contribution in [0.3, 0.4) is 0 Å². The van der Waals surface area contributed by atoms with Gasteiger partial charge in [0.1, 0.15) is 0 Å². The zero-order chi connectivity index (χ0) is 5.84. The van der Waals surface area contributed by atoms with Crippen LogP contribution >= 0.6 is 0 Å². The Hall–Kier alpha value is -0.520. The summed E-state index contributed by atoms with van der Waals surface area (Å²) in [5.74, 6) is 3.92. The zero-order valence-electron chi connectivity index (χ0n) is 5.33. The molecule has 1 saturated carbocycles. The van der Waals surface area contributed by atoms with Crippen LogP contribution in [0, 0.1) is 23.7 Å². The predicted molar refractivity (Wildman–Crippen MR) is 36.9 cm³/mol. The fourth-order valence-corrected chi connectivity index (χ4v) is 2.50. The van der Waals surface area contributed by atoms with E-state index in [0.717, 1.165) is 23.7 Å². The summed E-state index contributed by atoms with van der Waals surface area (Å²) in [5, 5.41) is 0. The minimum atomic E-state index is 0.935. The monoisotopic (exact) mass is 118 g/mol. The lowest BCUT2D eigenvalue weighted by Gasteiger charge is -2.10. The number of allylic oxidation sites excluding steroid dienone is 4. The lowest BCUT2D eigenvalue weighted by atomic mass is 9.95. The Morgan fingerprint density at radius 1 is 1.00 bits per heavy atom. The minimum Gasteiger partial charge on any atom is -0.0876 e. The second kappa shape index (κ2) is 1.16. The molecular weight excluding hydrogens is 108 g/mol. The van der Waals surface area contributed by atoms with E-state index < -0.39 is 0 Å². The first-order valence-corrected chi connectivity index (χ1v) is 3.82. The van der Waals surface area contributed by atoms with Gasteiger partial charge in [-0.2, -0.15) is 0 Å². The van der Waals surface area contributed by atoms with Gasteiger partial charge in [-0.25, -0.2) is 0 Å². The summed E-state index contributed by atoms with van der Waals surface area (Å²) in [6.45, 7) is 0. The van der Waals surface area contributed by atoms with Gasteiger partial charge >= 0.3 is 0 Å². The van der Waals surface area contributed by atoms with Gasteiger partial charge in [0.15, 0.2) is 0 Å². The topological polar surface area (TPSA) is 0 Å². The van der Waals surface area contributed by atoms with Crippen LogP contribution in [0.4, 0.5) is 0 Å². The Balaban J connectivity index is 2.08. The van der Waals surface area contributed by atoms with Crippen LogP contribution in [0.5, 0.6) is 0 Å². The molecule has 0 aliphatic heterocycles. The number of rotatable bonds is 0. The van der Waals surface area contributed by atoms with Crippen molar-refractivity contribution in [3.05, 3.63) is 24.3 Å². The summed E-state index contributed by atoms with van der Waals surface area (Å²) in [6, 6.07) is 0. The predicted octanol–water partition coefficient (Wildman–Crippen LogP) is 1.99. The molecule has 0 radical (unpaired) electrons. The van der Waals surface area contributed by atoms with E-state index in [1.165, 1.54) is 6.42 Å². The van der Waals surface area contributed by atoms with Crippen LogP contribution in [0.1, 0.15) is 6.42 Å². The van der Waals surface area contributed by atoms with Crippen molar-refractivity contribution in [2.45, 2.75) is 6.42 Å². The van der Waals surface area contributed by atoms with Crippen LogP contribution in [0.15, 0.2) is 24.3 Å². The third-order valence-corrected chi connectivity index (χ3v) is 3.03. The summed E-state index contributed by atoms with van der Waals surface area (Å²) in [5.41, 5.74) is 0. The molecule has 0 heterocycles. The summed E-state index contributed by atoms with van der Waals surface area (Å²) < 4.78 is 0. The molecule has 46 valence electrons. The highest BCUT2D eigenvalue weighted by molar-refractivity contribution is 5.28. The van der Waals surface area contributed by atoms with Crippen molar-refractivity contribution in [2.24, 2.45) is 23.7 Å². The summed E-state index contributed by atoms with van der Waals surface area (Å²) in [4.78, 5) is 0.